The molecular formula is C16H24N2O2S. The maximum absolute atomic E-state index is 9.21. The maximum atomic E-state index is 9.21. The smallest absolute Gasteiger partial charge is 0.162 e. The molecule has 0 saturated carbocycles. The highest BCUT2D eigenvalue weighted by Gasteiger charge is 2.15. The van der Waals surface area contributed by atoms with Gasteiger partial charge in [-0.15, -0.1) is 11.3 Å². The molecule has 0 unspecified atom stereocenters. The molecule has 0 aliphatic carbocycles. The molecule has 0 spiro atoms. The van der Waals surface area contributed by atoms with Crippen LogP contribution in [-0.4, -0.2) is 23.2 Å². The second kappa shape index (κ2) is 7.20. The van der Waals surface area contributed by atoms with Crippen LogP contribution in [0.25, 0.3) is 10.8 Å². The van der Waals surface area contributed by atoms with Crippen molar-refractivity contribution < 1.29 is 9.52 Å². The van der Waals surface area contributed by atoms with Gasteiger partial charge in [0.25, 0.3) is 0 Å². The molecule has 0 amide bonds. The topological polar surface area (TPSA) is 58.3 Å². The van der Waals surface area contributed by atoms with Gasteiger partial charge < -0.3 is 14.8 Å². The zero-order valence-corrected chi connectivity index (χ0v) is 13.8. The minimum Gasteiger partial charge on any atom is -0.459 e. The molecule has 2 N–H and O–H groups in total. The molecule has 2 heterocycles. The van der Waals surface area contributed by atoms with E-state index in [0.29, 0.717) is 0 Å². The number of nitrogens with zero attached hydrogens (tertiary/aromatic N) is 1. The molecule has 0 fully saturated rings. The van der Waals surface area contributed by atoms with Crippen LogP contribution in [0.4, 0.5) is 0 Å². The van der Waals surface area contributed by atoms with Crippen molar-refractivity contribution in [1.29, 1.82) is 0 Å². The molecular weight excluding hydrogens is 284 g/mol. The number of aryl methyl sites for hydroxylation is 1. The van der Waals surface area contributed by atoms with Crippen molar-refractivity contribution in [3.8, 4) is 10.8 Å². The molecule has 21 heavy (non-hydrogen) atoms. The van der Waals surface area contributed by atoms with E-state index in [2.05, 4.69) is 24.1 Å². The van der Waals surface area contributed by atoms with E-state index in [1.54, 1.807) is 11.3 Å². The molecule has 0 aliphatic heterocycles. The predicted molar refractivity (Wildman–Crippen MR) is 86.4 cm³/mol. The van der Waals surface area contributed by atoms with Gasteiger partial charge in [-0.2, -0.15) is 0 Å². The van der Waals surface area contributed by atoms with Gasteiger partial charge in [0.05, 0.1) is 0 Å². The first-order chi connectivity index (χ1) is 10.00. The Bertz CT molecular complexity index is 560. The Balaban J connectivity index is 1.74. The van der Waals surface area contributed by atoms with Crippen LogP contribution in [0.1, 0.15) is 37.3 Å². The number of hydrogen-bond donors (Lipinski definition) is 2. The van der Waals surface area contributed by atoms with E-state index in [-0.39, 0.29) is 12.0 Å². The van der Waals surface area contributed by atoms with Gasteiger partial charge in [0.2, 0.25) is 0 Å². The third-order valence-electron chi connectivity index (χ3n) is 3.44. The van der Waals surface area contributed by atoms with Crippen molar-refractivity contribution >= 4 is 11.3 Å². The van der Waals surface area contributed by atoms with Crippen molar-refractivity contribution in [2.45, 2.75) is 40.2 Å². The highest BCUT2D eigenvalue weighted by atomic mass is 32.1. The largest absolute Gasteiger partial charge is 0.459 e. The SMILES string of the molecule is Cc1ccc(-c2ncc(CNCCCC(C)(C)CO)s2)o1. The van der Waals surface area contributed by atoms with Crippen molar-refractivity contribution in [2.75, 3.05) is 13.2 Å². The summed E-state index contributed by atoms with van der Waals surface area (Å²) in [5.41, 5.74) is 0.0243. The van der Waals surface area contributed by atoms with Gasteiger partial charge in [-0.1, -0.05) is 13.8 Å². The zero-order valence-electron chi connectivity index (χ0n) is 13.0. The van der Waals surface area contributed by atoms with Crippen LogP contribution in [-0.2, 0) is 6.54 Å². The number of furan rings is 1. The van der Waals surface area contributed by atoms with E-state index in [9.17, 15) is 5.11 Å². The average Bonchev–Trinajstić information content (AvgIpc) is 3.07. The molecule has 0 bridgehead atoms. The summed E-state index contributed by atoms with van der Waals surface area (Å²) in [4.78, 5) is 5.61. The molecule has 0 atom stereocenters. The van der Waals surface area contributed by atoms with Crippen molar-refractivity contribution in [3.63, 3.8) is 0 Å². The van der Waals surface area contributed by atoms with Crippen LogP contribution in [0.15, 0.2) is 22.7 Å². The van der Waals surface area contributed by atoms with E-state index in [4.69, 9.17) is 4.42 Å². The minimum atomic E-state index is 0.0243. The standard InChI is InChI=1S/C16H24N2O2S/c1-12-5-6-14(20-12)15-18-10-13(21-15)9-17-8-4-7-16(2,3)11-19/h5-6,10,17,19H,4,7-9,11H2,1-3H3. The third-order valence-corrected chi connectivity index (χ3v) is 4.45. The van der Waals surface area contributed by atoms with Crippen LogP contribution >= 0.6 is 11.3 Å². The van der Waals surface area contributed by atoms with Gasteiger partial charge in [-0.05, 0) is 43.9 Å². The Kier molecular flexibility index (Phi) is 5.56. The predicted octanol–water partition coefficient (Wildman–Crippen LogP) is 3.60. The Hall–Kier alpha value is -1.17. The lowest BCUT2D eigenvalue weighted by Crippen LogP contribution is -2.20. The zero-order chi connectivity index (χ0) is 15.3. The molecule has 0 aromatic carbocycles. The van der Waals surface area contributed by atoms with Gasteiger partial charge in [0, 0.05) is 24.2 Å². The van der Waals surface area contributed by atoms with Gasteiger partial charge in [0.15, 0.2) is 10.8 Å². The molecule has 2 rings (SSSR count). The molecule has 2 aromatic rings. The van der Waals surface area contributed by atoms with Crippen LogP contribution in [0.2, 0.25) is 0 Å². The number of aliphatic hydroxyl groups is 1. The van der Waals surface area contributed by atoms with Crippen LogP contribution in [0.3, 0.4) is 0 Å². The van der Waals surface area contributed by atoms with E-state index in [0.717, 1.165) is 42.5 Å². The van der Waals surface area contributed by atoms with Crippen molar-refractivity contribution in [3.05, 3.63) is 29.0 Å². The number of aromatic nitrogens is 1. The fourth-order valence-corrected chi connectivity index (χ4v) is 2.88. The molecule has 0 aliphatic rings. The molecule has 4 nitrogen and oxygen atoms in total. The van der Waals surface area contributed by atoms with E-state index in [1.807, 2.05) is 25.3 Å². The number of rotatable bonds is 8. The minimum absolute atomic E-state index is 0.0243. The van der Waals surface area contributed by atoms with Gasteiger partial charge in [-0.3, -0.25) is 0 Å². The summed E-state index contributed by atoms with van der Waals surface area (Å²) in [6.07, 6.45) is 4.00. The number of hydrogen-bond acceptors (Lipinski definition) is 5. The average molecular weight is 308 g/mol. The van der Waals surface area contributed by atoms with E-state index < -0.39 is 0 Å². The molecule has 5 heteroatoms. The Morgan fingerprint density at radius 1 is 1.38 bits per heavy atom. The van der Waals surface area contributed by atoms with Gasteiger partial charge in [0.1, 0.15) is 5.76 Å². The Morgan fingerprint density at radius 3 is 2.86 bits per heavy atom. The molecule has 0 saturated heterocycles. The lowest BCUT2D eigenvalue weighted by molar-refractivity contribution is 0.148. The summed E-state index contributed by atoms with van der Waals surface area (Å²) in [7, 11) is 0. The highest BCUT2D eigenvalue weighted by molar-refractivity contribution is 7.14. The quantitative estimate of drug-likeness (QED) is 0.732. The summed E-state index contributed by atoms with van der Waals surface area (Å²) in [6.45, 7) is 8.15. The second-order valence-electron chi connectivity index (χ2n) is 6.14. The van der Waals surface area contributed by atoms with Gasteiger partial charge in [-0.25, -0.2) is 4.98 Å². The van der Waals surface area contributed by atoms with Gasteiger partial charge >= 0.3 is 0 Å². The summed E-state index contributed by atoms with van der Waals surface area (Å²) in [6, 6.07) is 3.92. The molecule has 0 radical (unpaired) electrons. The monoisotopic (exact) mass is 308 g/mol. The van der Waals surface area contributed by atoms with E-state index in [1.165, 1.54) is 4.88 Å². The third kappa shape index (κ3) is 4.95. The van der Waals surface area contributed by atoms with Crippen molar-refractivity contribution in [2.24, 2.45) is 5.41 Å². The normalized spacial score (nSPS) is 12.0. The van der Waals surface area contributed by atoms with Crippen LogP contribution in [0, 0.1) is 12.3 Å². The Labute approximate surface area is 130 Å². The lowest BCUT2D eigenvalue weighted by Gasteiger charge is -2.21. The first-order valence-electron chi connectivity index (χ1n) is 7.33. The Morgan fingerprint density at radius 2 is 2.19 bits per heavy atom. The summed E-state index contributed by atoms with van der Waals surface area (Å²) in [5, 5.41) is 13.6. The van der Waals surface area contributed by atoms with E-state index >= 15 is 0 Å². The van der Waals surface area contributed by atoms with Crippen LogP contribution in [0.5, 0.6) is 0 Å². The number of aliphatic hydroxyl groups excluding tert-OH is 1. The fourth-order valence-electron chi connectivity index (χ4n) is 2.04. The van der Waals surface area contributed by atoms with Crippen LogP contribution < -0.4 is 5.32 Å². The number of nitrogens with one attached hydrogen (secondary N) is 1. The second-order valence-corrected chi connectivity index (χ2v) is 7.26. The maximum Gasteiger partial charge on any atom is 0.162 e. The molecule has 116 valence electrons. The fraction of sp³-hybridized carbons (Fsp3) is 0.562. The summed E-state index contributed by atoms with van der Waals surface area (Å²) in [5.74, 6) is 1.75. The summed E-state index contributed by atoms with van der Waals surface area (Å²) < 4.78 is 5.58. The summed E-state index contributed by atoms with van der Waals surface area (Å²) >= 11 is 1.66. The number of thiazole rings is 1. The first kappa shape index (κ1) is 16.2. The highest BCUT2D eigenvalue weighted by Crippen LogP contribution is 2.26. The molecule has 2 aromatic heterocycles. The lowest BCUT2D eigenvalue weighted by atomic mass is 9.89. The van der Waals surface area contributed by atoms with Crippen molar-refractivity contribution in [1.82, 2.24) is 10.3 Å². The first-order valence-corrected chi connectivity index (χ1v) is 8.15.